The summed E-state index contributed by atoms with van der Waals surface area (Å²) < 4.78 is 11.0. The lowest BCUT2D eigenvalue weighted by Crippen LogP contribution is -2.32. The summed E-state index contributed by atoms with van der Waals surface area (Å²) in [7, 11) is 0. The number of aryl methyl sites for hydroxylation is 1. The van der Waals surface area contributed by atoms with Crippen LogP contribution >= 0.6 is 11.6 Å². The van der Waals surface area contributed by atoms with Gasteiger partial charge < -0.3 is 14.4 Å². The zero-order valence-corrected chi connectivity index (χ0v) is 13.1. The Bertz CT molecular complexity index is 437. The van der Waals surface area contributed by atoms with Gasteiger partial charge in [-0.3, -0.25) is 4.79 Å². The standard InChI is InChI=1S/C15H22ClNO3/c1-4-17(14(18)11-16)15-12(3)7-6-8-13(15)20-10-9-19-5-2/h6-8H,4-5,9-11H2,1-3H3. The number of carbonyl (C=O) groups excluding carboxylic acids is 1. The quantitative estimate of drug-likeness (QED) is 0.547. The highest BCUT2D eigenvalue weighted by atomic mass is 35.5. The van der Waals surface area contributed by atoms with Gasteiger partial charge in [0.1, 0.15) is 18.2 Å². The molecular weight excluding hydrogens is 278 g/mol. The van der Waals surface area contributed by atoms with Gasteiger partial charge in [0, 0.05) is 13.2 Å². The Kier molecular flexibility index (Phi) is 7.41. The van der Waals surface area contributed by atoms with Gasteiger partial charge in [0.15, 0.2) is 0 Å². The number of hydrogen-bond acceptors (Lipinski definition) is 3. The minimum absolute atomic E-state index is 0.0411. The number of hydrogen-bond donors (Lipinski definition) is 0. The molecule has 0 saturated carbocycles. The Hall–Kier alpha value is -1.26. The molecule has 4 nitrogen and oxygen atoms in total. The van der Waals surface area contributed by atoms with Gasteiger partial charge in [-0.25, -0.2) is 0 Å². The van der Waals surface area contributed by atoms with Gasteiger partial charge in [-0.2, -0.15) is 0 Å². The van der Waals surface area contributed by atoms with Crippen molar-refractivity contribution in [3.63, 3.8) is 0 Å². The Morgan fingerprint density at radius 1 is 1.30 bits per heavy atom. The predicted octanol–water partition coefficient (Wildman–Crippen LogP) is 3.00. The molecular formula is C15H22ClNO3. The van der Waals surface area contributed by atoms with Gasteiger partial charge in [0.2, 0.25) is 5.91 Å². The molecule has 5 heteroatoms. The highest BCUT2D eigenvalue weighted by Crippen LogP contribution is 2.32. The van der Waals surface area contributed by atoms with Crippen LogP contribution < -0.4 is 9.64 Å². The molecule has 0 unspecified atom stereocenters. The van der Waals surface area contributed by atoms with Crippen molar-refractivity contribution in [3.8, 4) is 5.75 Å². The molecule has 112 valence electrons. The minimum atomic E-state index is -0.127. The summed E-state index contributed by atoms with van der Waals surface area (Å²) in [5.41, 5.74) is 1.77. The molecule has 1 aromatic rings. The van der Waals surface area contributed by atoms with Gasteiger partial charge in [0.25, 0.3) is 0 Å². The van der Waals surface area contributed by atoms with E-state index in [2.05, 4.69) is 0 Å². The van der Waals surface area contributed by atoms with Crippen molar-refractivity contribution in [1.29, 1.82) is 0 Å². The molecule has 1 rings (SSSR count). The van der Waals surface area contributed by atoms with E-state index in [9.17, 15) is 4.79 Å². The largest absolute Gasteiger partial charge is 0.489 e. The van der Waals surface area contributed by atoms with Crippen molar-refractivity contribution in [2.45, 2.75) is 20.8 Å². The lowest BCUT2D eigenvalue weighted by atomic mass is 10.1. The number of para-hydroxylation sites is 1. The van der Waals surface area contributed by atoms with E-state index in [-0.39, 0.29) is 11.8 Å². The van der Waals surface area contributed by atoms with Crippen LogP contribution in [0.1, 0.15) is 19.4 Å². The second-order valence-corrected chi connectivity index (χ2v) is 4.51. The van der Waals surface area contributed by atoms with Gasteiger partial charge >= 0.3 is 0 Å². The van der Waals surface area contributed by atoms with E-state index in [1.54, 1.807) is 4.90 Å². The topological polar surface area (TPSA) is 38.8 Å². The van der Waals surface area contributed by atoms with Crippen LogP contribution in [0.3, 0.4) is 0 Å². The summed E-state index contributed by atoms with van der Waals surface area (Å²) in [5, 5.41) is 0. The first-order valence-electron chi connectivity index (χ1n) is 6.82. The van der Waals surface area contributed by atoms with Crippen molar-refractivity contribution in [1.82, 2.24) is 0 Å². The molecule has 0 aliphatic heterocycles. The molecule has 1 aromatic carbocycles. The molecule has 0 bridgehead atoms. The number of anilines is 1. The fourth-order valence-corrected chi connectivity index (χ4v) is 2.12. The van der Waals surface area contributed by atoms with Crippen molar-refractivity contribution in [2.75, 3.05) is 37.1 Å². The number of amides is 1. The molecule has 0 radical (unpaired) electrons. The average Bonchev–Trinajstić information content (AvgIpc) is 2.46. The number of carbonyl (C=O) groups is 1. The predicted molar refractivity (Wildman–Crippen MR) is 81.9 cm³/mol. The van der Waals surface area contributed by atoms with Crippen LogP contribution in [0.25, 0.3) is 0 Å². The maximum Gasteiger partial charge on any atom is 0.242 e. The highest BCUT2D eigenvalue weighted by Gasteiger charge is 2.19. The molecule has 0 N–H and O–H groups in total. The van der Waals surface area contributed by atoms with E-state index < -0.39 is 0 Å². The van der Waals surface area contributed by atoms with Crippen LogP contribution in [-0.2, 0) is 9.53 Å². The third-order valence-electron chi connectivity index (χ3n) is 2.89. The molecule has 0 spiro atoms. The molecule has 0 aliphatic carbocycles. The lowest BCUT2D eigenvalue weighted by molar-refractivity contribution is -0.116. The van der Waals surface area contributed by atoms with Crippen LogP contribution in [0.5, 0.6) is 5.75 Å². The minimum Gasteiger partial charge on any atom is -0.489 e. The second kappa shape index (κ2) is 8.82. The molecule has 1 amide bonds. The van der Waals surface area contributed by atoms with Gasteiger partial charge in [-0.05, 0) is 32.4 Å². The average molecular weight is 300 g/mol. The van der Waals surface area contributed by atoms with E-state index in [0.717, 1.165) is 11.3 Å². The zero-order chi connectivity index (χ0) is 15.0. The first-order chi connectivity index (χ1) is 9.65. The van der Waals surface area contributed by atoms with E-state index >= 15 is 0 Å². The summed E-state index contributed by atoms with van der Waals surface area (Å²) in [6.45, 7) is 8.01. The maximum absolute atomic E-state index is 11.9. The third-order valence-corrected chi connectivity index (χ3v) is 3.12. The zero-order valence-electron chi connectivity index (χ0n) is 12.3. The normalized spacial score (nSPS) is 10.4. The smallest absolute Gasteiger partial charge is 0.242 e. The monoisotopic (exact) mass is 299 g/mol. The van der Waals surface area contributed by atoms with E-state index in [4.69, 9.17) is 21.1 Å². The number of nitrogens with zero attached hydrogens (tertiary/aromatic N) is 1. The van der Waals surface area contributed by atoms with Crippen LogP contribution in [0.2, 0.25) is 0 Å². The van der Waals surface area contributed by atoms with E-state index in [1.165, 1.54) is 0 Å². The summed E-state index contributed by atoms with van der Waals surface area (Å²) in [5.74, 6) is 0.517. The molecule has 0 aliphatic rings. The van der Waals surface area contributed by atoms with Crippen LogP contribution in [0.4, 0.5) is 5.69 Å². The Morgan fingerprint density at radius 3 is 2.65 bits per heavy atom. The fourth-order valence-electron chi connectivity index (χ4n) is 1.98. The Labute approximate surface area is 125 Å². The fraction of sp³-hybridized carbons (Fsp3) is 0.533. The molecule has 20 heavy (non-hydrogen) atoms. The van der Waals surface area contributed by atoms with Crippen LogP contribution in [-0.4, -0.2) is 38.2 Å². The summed E-state index contributed by atoms with van der Waals surface area (Å²) in [6.07, 6.45) is 0. The molecule has 0 saturated heterocycles. The van der Waals surface area contributed by atoms with E-state index in [0.29, 0.717) is 32.1 Å². The molecule has 0 heterocycles. The first kappa shape index (κ1) is 16.8. The van der Waals surface area contributed by atoms with Crippen LogP contribution in [0, 0.1) is 6.92 Å². The maximum atomic E-state index is 11.9. The van der Waals surface area contributed by atoms with Crippen molar-refractivity contribution in [3.05, 3.63) is 23.8 Å². The first-order valence-corrected chi connectivity index (χ1v) is 7.35. The highest BCUT2D eigenvalue weighted by molar-refractivity contribution is 6.29. The van der Waals surface area contributed by atoms with Gasteiger partial charge in [0.05, 0.1) is 12.3 Å². The van der Waals surface area contributed by atoms with Gasteiger partial charge in [-0.1, -0.05) is 12.1 Å². The summed E-state index contributed by atoms with van der Waals surface area (Å²) in [6, 6.07) is 5.72. The number of rotatable bonds is 8. The van der Waals surface area contributed by atoms with Crippen molar-refractivity contribution < 1.29 is 14.3 Å². The van der Waals surface area contributed by atoms with Gasteiger partial charge in [-0.15, -0.1) is 11.6 Å². The number of ether oxygens (including phenoxy) is 2. The molecule has 0 aromatic heterocycles. The molecule has 0 fully saturated rings. The number of benzene rings is 1. The van der Waals surface area contributed by atoms with Crippen molar-refractivity contribution >= 4 is 23.2 Å². The second-order valence-electron chi connectivity index (χ2n) is 4.24. The summed E-state index contributed by atoms with van der Waals surface area (Å²) in [4.78, 5) is 13.6. The number of alkyl halides is 1. The van der Waals surface area contributed by atoms with E-state index in [1.807, 2.05) is 39.0 Å². The van der Waals surface area contributed by atoms with Crippen molar-refractivity contribution in [2.24, 2.45) is 0 Å². The Morgan fingerprint density at radius 2 is 2.05 bits per heavy atom. The Balaban J connectivity index is 2.94. The lowest BCUT2D eigenvalue weighted by Gasteiger charge is -2.25. The number of halogens is 1. The van der Waals surface area contributed by atoms with Crippen LogP contribution in [0.15, 0.2) is 18.2 Å². The SMILES string of the molecule is CCOCCOc1cccc(C)c1N(CC)C(=O)CCl. The summed E-state index contributed by atoms with van der Waals surface area (Å²) >= 11 is 5.67. The molecule has 0 atom stereocenters. The third kappa shape index (κ3) is 4.39.